The van der Waals surface area contributed by atoms with Crippen LogP contribution in [0.3, 0.4) is 0 Å². The van der Waals surface area contributed by atoms with Crippen molar-refractivity contribution in [3.05, 3.63) is 66.2 Å². The number of hydrogen-bond donors (Lipinski definition) is 3. The van der Waals surface area contributed by atoms with E-state index in [-0.39, 0.29) is 31.7 Å². The fraction of sp³-hybridized carbons (Fsp3) is 0.348. The monoisotopic (exact) mass is 476 g/mol. The molecule has 9 nitrogen and oxygen atoms in total. The van der Waals surface area contributed by atoms with E-state index in [1.807, 2.05) is 18.2 Å². The molecule has 2 aromatic rings. The predicted molar refractivity (Wildman–Crippen MR) is 122 cm³/mol. The lowest BCUT2D eigenvalue weighted by Gasteiger charge is -2.18. The Morgan fingerprint density at radius 2 is 1.67 bits per heavy atom. The molecule has 178 valence electrons. The third kappa shape index (κ3) is 9.84. The highest BCUT2D eigenvalue weighted by Crippen LogP contribution is 2.09. The van der Waals surface area contributed by atoms with Crippen LogP contribution in [-0.2, 0) is 36.5 Å². The van der Waals surface area contributed by atoms with Crippen LogP contribution in [-0.4, -0.2) is 58.8 Å². The molecule has 10 heteroatoms. The number of ether oxygens (including phenoxy) is 2. The quantitative estimate of drug-likeness (QED) is 0.396. The third-order valence-electron chi connectivity index (χ3n) is 4.53. The number of carbonyl (C=O) groups excluding carboxylic acids is 3. The van der Waals surface area contributed by atoms with Crippen molar-refractivity contribution < 1.29 is 33.2 Å². The van der Waals surface area contributed by atoms with Gasteiger partial charge in [-0.2, -0.15) is 0 Å². The smallest absolute Gasteiger partial charge is 0.407 e. The van der Waals surface area contributed by atoms with Crippen molar-refractivity contribution in [2.75, 3.05) is 19.4 Å². The predicted octanol–water partition coefficient (Wildman–Crippen LogP) is 1.52. The molecule has 0 aliphatic rings. The number of nitrogens with one attached hydrogen (secondary N) is 2. The average Bonchev–Trinajstić information content (AvgIpc) is 2.84. The number of methoxy groups -OCH3 is 1. The Labute approximate surface area is 194 Å². The summed E-state index contributed by atoms with van der Waals surface area (Å²) in [4.78, 5) is 36.6. The molecule has 0 saturated carbocycles. The lowest BCUT2D eigenvalue weighted by molar-refractivity contribution is -0.145. The molecule has 33 heavy (non-hydrogen) atoms. The summed E-state index contributed by atoms with van der Waals surface area (Å²) in [6, 6.07) is 16.9. The van der Waals surface area contributed by atoms with E-state index in [0.29, 0.717) is 4.90 Å². The van der Waals surface area contributed by atoms with Gasteiger partial charge < -0.3 is 25.2 Å². The minimum Gasteiger partial charge on any atom is -0.467 e. The summed E-state index contributed by atoms with van der Waals surface area (Å²) in [5.41, 5.74) is 0.814. The molecule has 0 unspecified atom stereocenters. The van der Waals surface area contributed by atoms with Gasteiger partial charge in [-0.3, -0.25) is 9.00 Å². The summed E-state index contributed by atoms with van der Waals surface area (Å²) in [6.45, 7) is -0.129. The number of carbonyl (C=O) groups is 3. The van der Waals surface area contributed by atoms with E-state index in [4.69, 9.17) is 9.47 Å². The first kappa shape index (κ1) is 26.0. The van der Waals surface area contributed by atoms with Gasteiger partial charge in [0.25, 0.3) is 0 Å². The Balaban J connectivity index is 1.74. The number of alkyl carbamates (subject to hydrolysis) is 1. The fourth-order valence-corrected chi connectivity index (χ4v) is 3.97. The van der Waals surface area contributed by atoms with Crippen LogP contribution in [0.4, 0.5) is 4.79 Å². The Morgan fingerprint density at radius 1 is 1.03 bits per heavy atom. The maximum Gasteiger partial charge on any atom is 0.407 e. The molecule has 2 aromatic carbocycles. The van der Waals surface area contributed by atoms with Crippen LogP contribution in [0, 0.1) is 0 Å². The van der Waals surface area contributed by atoms with Gasteiger partial charge in [-0.1, -0.05) is 48.5 Å². The van der Waals surface area contributed by atoms with Gasteiger partial charge in [0.1, 0.15) is 12.6 Å². The van der Waals surface area contributed by atoms with Crippen molar-refractivity contribution in [3.8, 4) is 0 Å². The van der Waals surface area contributed by atoms with E-state index >= 15 is 0 Å². The minimum atomic E-state index is -1.34. The van der Waals surface area contributed by atoms with Gasteiger partial charge in [-0.25, -0.2) is 9.59 Å². The van der Waals surface area contributed by atoms with Crippen molar-refractivity contribution in [2.24, 2.45) is 0 Å². The van der Waals surface area contributed by atoms with Crippen molar-refractivity contribution in [3.63, 3.8) is 0 Å². The number of rotatable bonds is 12. The first-order chi connectivity index (χ1) is 15.9. The van der Waals surface area contributed by atoms with Gasteiger partial charge >= 0.3 is 12.1 Å². The molecule has 0 bridgehead atoms. The zero-order chi connectivity index (χ0) is 24.1. The topological polar surface area (TPSA) is 131 Å². The molecule has 0 saturated heterocycles. The molecular weight excluding hydrogens is 448 g/mol. The average molecular weight is 477 g/mol. The molecular formula is C23H28N2O7S. The van der Waals surface area contributed by atoms with Crippen LogP contribution >= 0.6 is 0 Å². The lowest BCUT2D eigenvalue weighted by Crippen LogP contribution is -2.44. The molecule has 0 heterocycles. The molecule has 0 fully saturated rings. The number of benzene rings is 2. The van der Waals surface area contributed by atoms with Crippen molar-refractivity contribution in [1.29, 1.82) is 0 Å². The summed E-state index contributed by atoms with van der Waals surface area (Å²) >= 11 is 0. The van der Waals surface area contributed by atoms with Gasteiger partial charge in [-0.05, 0) is 24.1 Å². The molecule has 0 spiro atoms. The number of aliphatic hydroxyl groups excluding tert-OH is 1. The van der Waals surface area contributed by atoms with Gasteiger partial charge in [0.15, 0.2) is 0 Å². The summed E-state index contributed by atoms with van der Waals surface area (Å²) in [5.74, 6) is -1.14. The minimum absolute atomic E-state index is 0.0778. The number of esters is 1. The van der Waals surface area contributed by atoms with Crippen molar-refractivity contribution in [2.45, 2.75) is 36.5 Å². The Kier molecular flexibility index (Phi) is 11.1. The summed E-state index contributed by atoms with van der Waals surface area (Å²) in [5, 5.41) is 14.9. The van der Waals surface area contributed by atoms with Gasteiger partial charge in [0, 0.05) is 17.2 Å². The van der Waals surface area contributed by atoms with Gasteiger partial charge in [-0.15, -0.1) is 0 Å². The van der Waals surface area contributed by atoms with Crippen LogP contribution < -0.4 is 10.6 Å². The summed E-state index contributed by atoms with van der Waals surface area (Å²) in [7, 11) is -0.152. The second kappa shape index (κ2) is 14.0. The van der Waals surface area contributed by atoms with E-state index < -0.39 is 40.9 Å². The van der Waals surface area contributed by atoms with Crippen LogP contribution in [0.1, 0.15) is 18.4 Å². The molecule has 2 rings (SSSR count). The normalized spacial score (nSPS) is 13.3. The highest BCUT2D eigenvalue weighted by Gasteiger charge is 2.24. The van der Waals surface area contributed by atoms with Crippen LogP contribution in [0.2, 0.25) is 0 Å². The van der Waals surface area contributed by atoms with Crippen LogP contribution in [0.25, 0.3) is 0 Å². The summed E-state index contributed by atoms with van der Waals surface area (Å²) < 4.78 is 22.1. The lowest BCUT2D eigenvalue weighted by atomic mass is 10.2. The Hall–Kier alpha value is -3.24. The largest absolute Gasteiger partial charge is 0.467 e. The van der Waals surface area contributed by atoms with E-state index in [2.05, 4.69) is 10.6 Å². The molecule has 0 radical (unpaired) electrons. The molecule has 0 aliphatic carbocycles. The van der Waals surface area contributed by atoms with Crippen LogP contribution in [0.15, 0.2) is 65.6 Å². The molecule has 3 atom stereocenters. The van der Waals surface area contributed by atoms with Crippen LogP contribution in [0.5, 0.6) is 0 Å². The zero-order valence-corrected chi connectivity index (χ0v) is 19.1. The maximum atomic E-state index is 12.4. The SMILES string of the molecule is COC(=O)[C@@H](CC[S@@](=O)c1ccccc1)NC(=O)C[C@H](O)CNC(=O)OCc1ccccc1. The van der Waals surface area contributed by atoms with Crippen molar-refractivity contribution >= 4 is 28.8 Å². The van der Waals surface area contributed by atoms with E-state index in [1.54, 1.807) is 42.5 Å². The van der Waals surface area contributed by atoms with Gasteiger partial charge in [0.05, 0.1) is 30.4 Å². The first-order valence-corrected chi connectivity index (χ1v) is 11.6. The number of aliphatic hydroxyl groups is 1. The molecule has 0 aliphatic heterocycles. The molecule has 0 aromatic heterocycles. The molecule has 2 amide bonds. The van der Waals surface area contributed by atoms with Gasteiger partial charge in [0.2, 0.25) is 5.91 Å². The van der Waals surface area contributed by atoms with E-state index in [1.165, 1.54) is 7.11 Å². The highest BCUT2D eigenvalue weighted by atomic mass is 32.2. The second-order valence-electron chi connectivity index (χ2n) is 7.10. The third-order valence-corrected chi connectivity index (χ3v) is 5.94. The standard InChI is InChI=1S/C23H28N2O7S/c1-31-22(28)20(12-13-33(30)19-10-6-3-7-11-19)25-21(27)14-18(26)15-24-23(29)32-16-17-8-4-2-5-9-17/h2-11,18,20,26H,12-16H2,1H3,(H,24,29)(H,25,27)/t18-,20+,33+/m0/s1. The highest BCUT2D eigenvalue weighted by molar-refractivity contribution is 7.85. The second-order valence-corrected chi connectivity index (χ2v) is 8.67. The van der Waals surface area contributed by atoms with E-state index in [0.717, 1.165) is 5.56 Å². The first-order valence-electron chi connectivity index (χ1n) is 10.3. The Bertz CT molecular complexity index is 925. The van der Waals surface area contributed by atoms with Crippen molar-refractivity contribution in [1.82, 2.24) is 10.6 Å². The summed E-state index contributed by atoms with van der Waals surface area (Å²) in [6.07, 6.45) is -2.17. The Morgan fingerprint density at radius 3 is 2.30 bits per heavy atom. The number of amides is 2. The molecule has 3 N–H and O–H groups in total. The van der Waals surface area contributed by atoms with E-state index in [9.17, 15) is 23.7 Å². The zero-order valence-electron chi connectivity index (χ0n) is 18.3. The maximum absolute atomic E-state index is 12.4. The number of hydrogen-bond acceptors (Lipinski definition) is 7. The fourth-order valence-electron chi connectivity index (χ4n) is 2.82.